The van der Waals surface area contributed by atoms with Gasteiger partial charge in [0, 0.05) is 247 Å². The molecule has 0 amide bonds. The van der Waals surface area contributed by atoms with E-state index in [4.69, 9.17) is 70.1 Å². The third kappa shape index (κ3) is 30.9. The second kappa shape index (κ2) is 49.0. The van der Waals surface area contributed by atoms with Gasteiger partial charge in [-0.2, -0.15) is 26.3 Å². The second-order valence-electron chi connectivity index (χ2n) is 37.0. The van der Waals surface area contributed by atoms with Crippen LogP contribution in [0.5, 0.6) is 0 Å². The first-order valence-corrected chi connectivity index (χ1v) is 48.0. The molecule has 31 heteroatoms. The number of hydrogen-bond donors (Lipinski definition) is 8. The van der Waals surface area contributed by atoms with E-state index in [1.54, 1.807) is 24.5 Å². The number of carbonyl (C=O) groups is 4. The quantitative estimate of drug-likeness (QED) is 0.0212. The summed E-state index contributed by atoms with van der Waals surface area (Å²) in [6, 6.07) is 39.7. The zero-order valence-corrected chi connectivity index (χ0v) is 78.6. The van der Waals surface area contributed by atoms with E-state index >= 15 is 0 Å². The molecule has 21 nitrogen and oxygen atoms in total. The number of carbonyl (C=O) groups excluding carboxylic acids is 4. The fourth-order valence-electron chi connectivity index (χ4n) is 18.3. The van der Waals surface area contributed by atoms with Crippen LogP contribution in [0.3, 0.4) is 0 Å². The second-order valence-corrected chi connectivity index (χ2v) is 38.7. The Morgan fingerprint density at radius 2 is 0.735 bits per heavy atom. The summed E-state index contributed by atoms with van der Waals surface area (Å²) in [5.41, 5.74) is 13.8. The van der Waals surface area contributed by atoms with Gasteiger partial charge in [0.15, 0.2) is 5.78 Å². The Hall–Kier alpha value is -8.26. The smallest absolute Gasteiger partial charge is 0.385 e. The molecule has 9 atom stereocenters. The maximum atomic E-state index is 13.1. The number of benzene rings is 4. The van der Waals surface area contributed by atoms with Crippen molar-refractivity contribution in [2.75, 3.05) is 140 Å². The highest BCUT2D eigenvalue weighted by molar-refractivity contribution is 6.34. The molecule has 8 aromatic rings. The molecule has 0 aliphatic carbocycles. The molecule has 8 fully saturated rings. The molecule has 8 aliphatic rings. The first-order valence-electron chi connectivity index (χ1n) is 46.5. The highest BCUT2D eigenvalue weighted by Crippen LogP contribution is 2.40. The van der Waals surface area contributed by atoms with Crippen molar-refractivity contribution in [2.24, 2.45) is 53.3 Å². The summed E-state index contributed by atoms with van der Waals surface area (Å²) in [5, 5.41) is 28.4. The first-order chi connectivity index (χ1) is 63.5. The van der Waals surface area contributed by atoms with Gasteiger partial charge in [0.1, 0.15) is 23.5 Å². The summed E-state index contributed by atoms with van der Waals surface area (Å²) in [6.45, 7) is 20.0. The zero-order chi connectivity index (χ0) is 93.3. The van der Waals surface area contributed by atoms with E-state index < -0.39 is 42.1 Å². The van der Waals surface area contributed by atoms with Gasteiger partial charge >= 0.3 is 12.4 Å². The van der Waals surface area contributed by atoms with Crippen LogP contribution in [0.2, 0.25) is 20.1 Å². The van der Waals surface area contributed by atoms with E-state index in [9.17, 15) is 45.5 Å². The lowest BCUT2D eigenvalue weighted by atomic mass is 9.84. The normalized spacial score (nSPS) is 22.7. The predicted molar refractivity (Wildman–Crippen MR) is 509 cm³/mol. The Bertz CT molecular complexity index is 4930. The lowest BCUT2D eigenvalue weighted by Crippen LogP contribution is -2.48. The molecule has 8 N–H and O–H groups in total. The van der Waals surface area contributed by atoms with Crippen molar-refractivity contribution in [3.8, 4) is 44.5 Å². The molecule has 4 aromatic carbocycles. The number of pyridine rings is 4. The fraction of sp³-hybridized carbons (Fsp3) is 0.525. The molecule has 16 rings (SSSR count). The Balaban J connectivity index is 0.000000150. The van der Waals surface area contributed by atoms with Crippen LogP contribution in [0.4, 0.5) is 49.1 Å². The van der Waals surface area contributed by atoms with Gasteiger partial charge in [0.25, 0.3) is 0 Å². The minimum atomic E-state index is -4.30. The molecule has 712 valence electrons. The van der Waals surface area contributed by atoms with Crippen molar-refractivity contribution in [1.29, 1.82) is 0 Å². The van der Waals surface area contributed by atoms with E-state index in [0.717, 1.165) is 216 Å². The average Bonchev–Trinajstić information content (AvgIpc) is 0.831. The molecule has 8 saturated heterocycles. The number of anilines is 4. The van der Waals surface area contributed by atoms with Crippen molar-refractivity contribution in [3.05, 3.63) is 189 Å². The lowest BCUT2D eigenvalue weighted by Gasteiger charge is -2.35. The summed E-state index contributed by atoms with van der Waals surface area (Å²) >= 11 is 25.8. The number of alkyl halides is 6. The van der Waals surface area contributed by atoms with Crippen molar-refractivity contribution in [3.63, 3.8) is 0 Å². The summed E-state index contributed by atoms with van der Waals surface area (Å²) in [6.07, 6.45) is 8.53. The molecule has 1 unspecified atom stereocenters. The van der Waals surface area contributed by atoms with Gasteiger partial charge < -0.3 is 66.2 Å². The molecule has 0 spiro atoms. The zero-order valence-electron chi connectivity index (χ0n) is 75.6. The fourth-order valence-corrected chi connectivity index (χ4v) is 19.2. The summed E-state index contributed by atoms with van der Waals surface area (Å²) < 4.78 is 106. The summed E-state index contributed by atoms with van der Waals surface area (Å²) in [5.74, 6) is -2.11. The minimum Gasteiger partial charge on any atom is -0.385 e. The lowest BCUT2D eigenvalue weighted by molar-refractivity contribution is -0.183. The van der Waals surface area contributed by atoms with E-state index in [1.165, 1.54) is 12.4 Å². The van der Waals surface area contributed by atoms with Gasteiger partial charge in [-0.1, -0.05) is 94.9 Å². The Kier molecular flexibility index (Phi) is 37.5. The number of halogens is 10. The van der Waals surface area contributed by atoms with Gasteiger partial charge in [-0.15, -0.1) is 0 Å². The number of aromatic nitrogens is 4. The number of hydrogen-bond acceptors (Lipinski definition) is 21. The van der Waals surface area contributed by atoms with Crippen LogP contribution in [-0.4, -0.2) is 198 Å². The number of piperidine rings is 3. The van der Waals surface area contributed by atoms with Crippen LogP contribution in [0.1, 0.15) is 128 Å². The van der Waals surface area contributed by atoms with Crippen molar-refractivity contribution in [1.82, 2.24) is 41.2 Å². The van der Waals surface area contributed by atoms with Gasteiger partial charge in [-0.05, 0) is 223 Å². The van der Waals surface area contributed by atoms with Gasteiger partial charge in [-0.25, -0.2) is 0 Å². The van der Waals surface area contributed by atoms with E-state index in [1.807, 2.05) is 78.9 Å². The average molecular weight is 1910 g/mol. The number of Topliss-reactive ketones (excluding diaryl/α,β-unsaturated/α-hetero) is 4. The molecule has 0 bridgehead atoms. The summed E-state index contributed by atoms with van der Waals surface area (Å²) in [7, 11) is 0. The number of ether oxygens (including phenoxy) is 5. The molecule has 0 saturated carbocycles. The van der Waals surface area contributed by atoms with Crippen LogP contribution in [0.25, 0.3) is 44.5 Å². The van der Waals surface area contributed by atoms with Crippen molar-refractivity contribution in [2.45, 2.75) is 167 Å². The highest BCUT2D eigenvalue weighted by atomic mass is 35.5. The third-order valence-corrected chi connectivity index (χ3v) is 27.4. The van der Waals surface area contributed by atoms with Crippen LogP contribution in [0, 0.1) is 53.3 Å². The number of morpholine rings is 1. The maximum absolute atomic E-state index is 13.1. The summed E-state index contributed by atoms with van der Waals surface area (Å²) in [4.78, 5) is 68.3. The predicted octanol–water partition coefficient (Wildman–Crippen LogP) is 19.5. The Labute approximate surface area is 790 Å². The van der Waals surface area contributed by atoms with E-state index in [0.29, 0.717) is 92.6 Å². The third-order valence-electron chi connectivity index (χ3n) is 26.2. The van der Waals surface area contributed by atoms with Crippen LogP contribution in [0.15, 0.2) is 146 Å². The highest BCUT2D eigenvalue weighted by Gasteiger charge is 2.45. The van der Waals surface area contributed by atoms with Crippen molar-refractivity contribution < 1.29 is 69.2 Å². The molecular weight excluding hydrogens is 1780 g/mol. The molecule has 0 radical (unpaired) electrons. The maximum Gasteiger partial charge on any atom is 0.393 e. The minimum absolute atomic E-state index is 0.0250. The van der Waals surface area contributed by atoms with Gasteiger partial charge in [0.05, 0.1) is 57.2 Å². The molecular formula is C101H124Cl4F6N12O9. The molecule has 132 heavy (non-hydrogen) atoms. The molecule has 4 aromatic heterocycles. The molecule has 8 aliphatic heterocycles. The molecule has 12 heterocycles. The number of nitrogens with zero attached hydrogens (tertiary/aromatic N) is 4. The standard InChI is InChI=1S/C26H34ClN3O2.2C25H29ClF3N3O2.C25H32ClN3O3/c1-26(2)9-6-20(16-30-26)25(31)14-22-13-23(24(27)17-29-22)19-4-3-5-21(12-19)28-15-18-7-10-32-11-8-18;2*26-23-15-32-21(11-24(33)18-8-19(14-30-13-18)25(27,28)29)10-22(23)17-2-1-3-20(9-17)31-12-16-4-6-34-7-5-16;1-16-8-18(9-17(2)32-16)13-28-20-5-3-4-19(10-20)22-11-21(29-14-23(22)26)12-24(30)25-15-27-6-7-31-25/h3-5,12-13,17-18,20,28,30H,6-11,14-16H2,1-2H3;2*1-3,9-10,15-16,18-19,30-31H,4-8,11-14H2;3-5,10-11,14,16-18,25,27-28H,6-9,12-13,15H2,1-2H3/t20-;18-,19+;18-,19-;16-,17+,18?,25-/m1011/s1. The SMILES string of the molecule is CC1(C)CC[C@@H](C(=O)Cc2cc(-c3cccc(NCC4CCOCC4)c3)c(Cl)cn2)CN1.C[C@@H]1CC(CNc2cccc(-c3cc(CC(=O)[C@H]4CNCCO4)ncc3Cl)c2)C[C@H](C)O1.O=C(Cc1cc(-c2cccc(NCC3CCOCC3)c2)c(Cl)cn1)[C@@H]1CNC[C@H](C(F)(F)F)C1.O=C(Cc1cc(-c2cccc(NCC3CCOCC3)c2)c(Cl)cn1)[C@H]1CNC[C@H](C(F)(F)F)C1. The van der Waals surface area contributed by atoms with E-state index in [2.05, 4.69) is 120 Å². The van der Waals surface area contributed by atoms with E-state index in [-0.39, 0.29) is 92.9 Å². The number of ketones is 4. The number of rotatable bonds is 28. The Morgan fingerprint density at radius 3 is 1.05 bits per heavy atom. The topological polar surface area (TPSA) is 262 Å². The van der Waals surface area contributed by atoms with Gasteiger partial charge in [0.2, 0.25) is 0 Å². The van der Waals surface area contributed by atoms with Crippen LogP contribution in [-0.2, 0) is 68.5 Å². The van der Waals surface area contributed by atoms with Gasteiger partial charge in [-0.3, -0.25) is 39.1 Å². The monoisotopic (exact) mass is 1900 g/mol. The van der Waals surface area contributed by atoms with Crippen molar-refractivity contribution >= 4 is 92.3 Å². The van der Waals surface area contributed by atoms with Crippen LogP contribution < -0.4 is 42.5 Å². The number of nitrogens with one attached hydrogen (secondary N) is 8. The largest absolute Gasteiger partial charge is 0.393 e. The first kappa shape index (κ1) is 101. The Morgan fingerprint density at radius 1 is 0.402 bits per heavy atom. The van der Waals surface area contributed by atoms with Crippen LogP contribution >= 0.6 is 46.4 Å².